The molecule has 2 radical (unpaired) electrons. The van der Waals surface area contributed by atoms with E-state index in [0.29, 0.717) is 0 Å². The van der Waals surface area contributed by atoms with Gasteiger partial charge in [0.2, 0.25) is 6.29 Å². The lowest BCUT2D eigenvalue weighted by Gasteiger charge is -1.48. The molecule has 0 heterocycles. The molecule has 0 rings (SSSR count). The van der Waals surface area contributed by atoms with Gasteiger partial charge in [0.05, 0.1) is 0 Å². The van der Waals surface area contributed by atoms with E-state index in [0.717, 1.165) is 0 Å². The van der Waals surface area contributed by atoms with Gasteiger partial charge < -0.3 is 0 Å². The van der Waals surface area contributed by atoms with Crippen LogP contribution in [-0.2, 0) is 4.79 Å². The van der Waals surface area contributed by atoms with Crippen LogP contribution < -0.4 is 0 Å². The molecule has 1 heteroatoms. The lowest BCUT2D eigenvalue weighted by molar-refractivity contribution is 0.564. The van der Waals surface area contributed by atoms with Gasteiger partial charge in [-0.3, -0.25) is 4.79 Å². The van der Waals surface area contributed by atoms with Gasteiger partial charge in [0.25, 0.3) is 0 Å². The predicted octanol–water partition coefficient (Wildman–Crippen LogP) is 0.486. The van der Waals surface area contributed by atoms with Crippen molar-refractivity contribution >= 4 is 6.29 Å². The highest BCUT2D eigenvalue weighted by Gasteiger charge is 1.51. The molecule has 1 nitrogen and oxygen atoms in total. The number of rotatable bonds is 1. The van der Waals surface area contributed by atoms with Gasteiger partial charge in [-0.05, 0) is 13.0 Å². The summed E-state index contributed by atoms with van der Waals surface area (Å²) < 4.78 is 0. The van der Waals surface area contributed by atoms with Crippen LogP contribution >= 0.6 is 0 Å². The van der Waals surface area contributed by atoms with E-state index in [4.69, 9.17) is 4.79 Å². The molecular formula is C4H4O. The summed E-state index contributed by atoms with van der Waals surface area (Å²) in [6, 6.07) is 0. The summed E-state index contributed by atoms with van der Waals surface area (Å²) in [6.45, 7) is 3.23. The van der Waals surface area contributed by atoms with E-state index in [1.807, 2.05) is 0 Å². The second-order valence-corrected chi connectivity index (χ2v) is 0.520. The molecule has 0 atom stereocenters. The van der Waals surface area contributed by atoms with E-state index in [9.17, 15) is 0 Å². The fraction of sp³-hybridized carbons (Fsp3) is 0. The molecule has 0 fully saturated rings. The van der Waals surface area contributed by atoms with Crippen molar-refractivity contribution in [1.29, 1.82) is 0 Å². The first-order valence-corrected chi connectivity index (χ1v) is 1.23. The van der Waals surface area contributed by atoms with Crippen LogP contribution in [0.2, 0.25) is 0 Å². The summed E-state index contributed by atoms with van der Waals surface area (Å²) in [7, 11) is 0. The van der Waals surface area contributed by atoms with Crippen LogP contribution in [0.5, 0.6) is 0 Å². The van der Waals surface area contributed by atoms with Gasteiger partial charge in [-0.15, -0.1) is 0 Å². The molecule has 0 aliphatic rings. The van der Waals surface area contributed by atoms with Gasteiger partial charge in [0.15, 0.2) is 0 Å². The molecule has 0 aromatic carbocycles. The zero-order valence-electron chi connectivity index (χ0n) is 2.77. The summed E-state index contributed by atoms with van der Waals surface area (Å²) in [4.78, 5) is 9.15. The van der Waals surface area contributed by atoms with Gasteiger partial charge in [0.1, 0.15) is 0 Å². The zero-order chi connectivity index (χ0) is 4.12. The quantitative estimate of drug-likeness (QED) is 0.408. The molecule has 0 aromatic rings. The van der Waals surface area contributed by atoms with Crippen molar-refractivity contribution in [1.82, 2.24) is 0 Å². The SMILES string of the molecule is [CH2]C=C[C]=O. The van der Waals surface area contributed by atoms with Crippen LogP contribution in [0.25, 0.3) is 0 Å². The molecule has 0 amide bonds. The first kappa shape index (κ1) is 4.41. The Balaban J connectivity index is 2.92. The fourth-order valence-corrected chi connectivity index (χ4v) is 0.0481. The summed E-state index contributed by atoms with van der Waals surface area (Å²) in [5.74, 6) is 0. The Morgan fingerprint density at radius 2 is 2.40 bits per heavy atom. The van der Waals surface area contributed by atoms with Crippen molar-refractivity contribution in [2.45, 2.75) is 0 Å². The van der Waals surface area contributed by atoms with Gasteiger partial charge >= 0.3 is 0 Å². The molecule has 0 aliphatic carbocycles. The Bertz CT molecular complexity index is 45.6. The van der Waals surface area contributed by atoms with Crippen LogP contribution in [0, 0.1) is 6.92 Å². The molecule has 26 valence electrons. The van der Waals surface area contributed by atoms with Crippen LogP contribution in [0.4, 0.5) is 0 Å². The van der Waals surface area contributed by atoms with Crippen molar-refractivity contribution in [2.24, 2.45) is 0 Å². The monoisotopic (exact) mass is 68.0 g/mol. The molecule has 0 aliphatic heterocycles. The van der Waals surface area contributed by atoms with Gasteiger partial charge in [0, 0.05) is 0 Å². The molecule has 0 bridgehead atoms. The lowest BCUT2D eigenvalue weighted by Crippen LogP contribution is -1.50. The Kier molecular flexibility index (Phi) is 3.01. The number of carbonyl (C=O) groups excluding carboxylic acids is 1. The van der Waals surface area contributed by atoms with Crippen molar-refractivity contribution in [3.8, 4) is 0 Å². The standard InChI is InChI=1S/C4H4O/c1-2-3-4-5/h2-3H,1H2. The van der Waals surface area contributed by atoms with Crippen LogP contribution in [0.1, 0.15) is 0 Å². The molecule has 0 spiro atoms. The maximum absolute atomic E-state index is 9.15. The Hall–Kier alpha value is -0.590. The first-order chi connectivity index (χ1) is 2.41. The first-order valence-electron chi connectivity index (χ1n) is 1.23. The largest absolute Gasteiger partial charge is 0.286 e. The maximum Gasteiger partial charge on any atom is 0.225 e. The average Bonchev–Trinajstić information content (AvgIpc) is 1.41. The minimum atomic E-state index is 1.21. The third-order valence-corrected chi connectivity index (χ3v) is 0.186. The van der Waals surface area contributed by atoms with E-state index < -0.39 is 0 Å². The lowest BCUT2D eigenvalue weighted by atomic mass is 10.6. The summed E-state index contributed by atoms with van der Waals surface area (Å²) in [5.41, 5.74) is 0. The van der Waals surface area contributed by atoms with Gasteiger partial charge in [-0.1, -0.05) is 6.08 Å². The maximum atomic E-state index is 9.15. The molecule has 0 aromatic heterocycles. The minimum Gasteiger partial charge on any atom is -0.286 e. The van der Waals surface area contributed by atoms with Crippen LogP contribution in [0.15, 0.2) is 12.2 Å². The average molecular weight is 68.1 g/mol. The van der Waals surface area contributed by atoms with Crippen molar-refractivity contribution in [3.63, 3.8) is 0 Å². The highest BCUT2D eigenvalue weighted by atomic mass is 16.1. The Morgan fingerprint density at radius 1 is 1.80 bits per heavy atom. The molecule has 0 unspecified atom stereocenters. The van der Waals surface area contributed by atoms with Gasteiger partial charge in [-0.2, -0.15) is 0 Å². The molecule has 0 saturated heterocycles. The second-order valence-electron chi connectivity index (χ2n) is 0.520. The topological polar surface area (TPSA) is 17.1 Å². The zero-order valence-corrected chi connectivity index (χ0v) is 2.77. The second kappa shape index (κ2) is 3.41. The summed E-state index contributed by atoms with van der Waals surface area (Å²) in [6.07, 6.45) is 4.11. The summed E-state index contributed by atoms with van der Waals surface area (Å²) in [5, 5.41) is 0. The Morgan fingerprint density at radius 3 is 2.40 bits per heavy atom. The predicted molar refractivity (Wildman–Crippen MR) is 20.2 cm³/mol. The molecule has 5 heavy (non-hydrogen) atoms. The normalized spacial score (nSPS) is 9.00. The molecule has 0 saturated carbocycles. The third kappa shape index (κ3) is 3.41. The fourth-order valence-electron chi connectivity index (χ4n) is 0.0481. The minimum absolute atomic E-state index is 1.21. The number of allylic oxidation sites excluding steroid dienone is 2. The molecular weight excluding hydrogens is 64.0 g/mol. The van der Waals surface area contributed by atoms with Crippen molar-refractivity contribution in [3.05, 3.63) is 19.1 Å². The van der Waals surface area contributed by atoms with Crippen LogP contribution in [-0.4, -0.2) is 6.29 Å². The van der Waals surface area contributed by atoms with Crippen molar-refractivity contribution < 1.29 is 4.79 Å². The molecule has 0 N–H and O–H groups in total. The number of hydrogen-bond donors (Lipinski definition) is 0. The highest BCUT2D eigenvalue weighted by molar-refractivity contribution is 5.65. The van der Waals surface area contributed by atoms with E-state index in [2.05, 4.69) is 6.92 Å². The summed E-state index contributed by atoms with van der Waals surface area (Å²) >= 11 is 0. The van der Waals surface area contributed by atoms with Crippen LogP contribution in [0.3, 0.4) is 0 Å². The Labute approximate surface area is 31.3 Å². The van der Waals surface area contributed by atoms with E-state index in [-0.39, 0.29) is 0 Å². The van der Waals surface area contributed by atoms with E-state index in [1.165, 1.54) is 18.4 Å². The third-order valence-electron chi connectivity index (χ3n) is 0.186. The van der Waals surface area contributed by atoms with Gasteiger partial charge in [-0.25, -0.2) is 0 Å². The van der Waals surface area contributed by atoms with E-state index >= 15 is 0 Å². The number of hydrogen-bond acceptors (Lipinski definition) is 1. The van der Waals surface area contributed by atoms with E-state index in [1.54, 1.807) is 0 Å². The smallest absolute Gasteiger partial charge is 0.225 e. The highest BCUT2D eigenvalue weighted by Crippen LogP contribution is 1.54. The van der Waals surface area contributed by atoms with Crippen molar-refractivity contribution in [2.75, 3.05) is 0 Å².